The predicted octanol–water partition coefficient (Wildman–Crippen LogP) is 6.83. The zero-order valence-corrected chi connectivity index (χ0v) is 18.3. The molecule has 4 nitrogen and oxygen atoms in total. The number of rotatable bonds is 6. The first-order chi connectivity index (χ1) is 15.7. The highest BCUT2D eigenvalue weighted by Crippen LogP contribution is 2.43. The summed E-state index contributed by atoms with van der Waals surface area (Å²) in [5.74, 6) is -3.99. The van der Waals surface area contributed by atoms with Crippen molar-refractivity contribution in [3.05, 3.63) is 93.0 Å². The number of hydrogen-bond acceptors (Lipinski definition) is 3. The van der Waals surface area contributed by atoms with Crippen LogP contribution in [0.25, 0.3) is 11.1 Å². The molecule has 0 fully saturated rings. The summed E-state index contributed by atoms with van der Waals surface area (Å²) >= 11 is 6.24. The molecule has 0 unspecified atom stereocenters. The number of pyridine rings is 1. The molecule has 33 heavy (non-hydrogen) atoms. The standard InChI is InChI=1S/C25H19ClF3NO3/c1-13-19(25(31)32)7-14(11-30-13)17-3-2-4-18(17)20-9-16(26)5-6-24(20)33-12-15-8-22(28)23(29)10-21(15)27/h5-11H,2-4,12H2,1H3,(H,31,32). The molecular formula is C25H19ClF3NO3. The zero-order valence-electron chi connectivity index (χ0n) is 17.6. The lowest BCUT2D eigenvalue weighted by Crippen LogP contribution is -2.04. The van der Waals surface area contributed by atoms with Gasteiger partial charge in [-0.1, -0.05) is 11.6 Å². The Hall–Kier alpha value is -3.32. The van der Waals surface area contributed by atoms with Gasteiger partial charge in [-0.05, 0) is 73.2 Å². The molecule has 3 aromatic rings. The van der Waals surface area contributed by atoms with E-state index in [9.17, 15) is 23.1 Å². The number of aromatic nitrogens is 1. The largest absolute Gasteiger partial charge is 0.488 e. The number of aryl methyl sites for hydroxylation is 1. The summed E-state index contributed by atoms with van der Waals surface area (Å²) < 4.78 is 46.6. The van der Waals surface area contributed by atoms with Crippen molar-refractivity contribution in [3.8, 4) is 5.75 Å². The first kappa shape index (κ1) is 22.9. The minimum Gasteiger partial charge on any atom is -0.488 e. The van der Waals surface area contributed by atoms with Gasteiger partial charge in [0.05, 0.1) is 11.3 Å². The third-order valence-corrected chi connectivity index (χ3v) is 5.86. The van der Waals surface area contributed by atoms with Gasteiger partial charge in [0, 0.05) is 28.4 Å². The minimum atomic E-state index is -1.27. The maximum absolute atomic E-state index is 14.0. The lowest BCUT2D eigenvalue weighted by Gasteiger charge is -2.16. The molecule has 2 aromatic carbocycles. The Morgan fingerprint density at radius 2 is 1.79 bits per heavy atom. The van der Waals surface area contributed by atoms with Crippen LogP contribution in [0.15, 0.2) is 42.6 Å². The van der Waals surface area contributed by atoms with Gasteiger partial charge in [-0.15, -0.1) is 0 Å². The van der Waals surface area contributed by atoms with Gasteiger partial charge in [-0.2, -0.15) is 0 Å². The molecule has 0 amide bonds. The molecule has 1 aromatic heterocycles. The number of carboxylic acid groups (broad SMARTS) is 1. The molecule has 1 N–H and O–H groups in total. The molecule has 0 radical (unpaired) electrons. The van der Waals surface area contributed by atoms with Crippen LogP contribution >= 0.6 is 11.6 Å². The Bertz CT molecular complexity index is 1290. The van der Waals surface area contributed by atoms with Crippen molar-refractivity contribution in [2.75, 3.05) is 0 Å². The third kappa shape index (κ3) is 4.73. The van der Waals surface area contributed by atoms with Gasteiger partial charge in [-0.3, -0.25) is 4.98 Å². The van der Waals surface area contributed by atoms with Crippen LogP contribution in [0.2, 0.25) is 5.02 Å². The van der Waals surface area contributed by atoms with Crippen LogP contribution in [-0.2, 0) is 6.61 Å². The fraction of sp³-hybridized carbons (Fsp3) is 0.200. The van der Waals surface area contributed by atoms with E-state index >= 15 is 0 Å². The van der Waals surface area contributed by atoms with Crippen molar-refractivity contribution in [2.45, 2.75) is 32.8 Å². The molecule has 0 saturated heterocycles. The average Bonchev–Trinajstić information content (AvgIpc) is 3.26. The first-order valence-electron chi connectivity index (χ1n) is 10.2. The highest BCUT2D eigenvalue weighted by atomic mass is 35.5. The van der Waals surface area contributed by atoms with Gasteiger partial charge in [0.1, 0.15) is 18.2 Å². The number of benzene rings is 2. The van der Waals surface area contributed by atoms with E-state index in [4.69, 9.17) is 16.3 Å². The van der Waals surface area contributed by atoms with Gasteiger partial charge in [0.25, 0.3) is 0 Å². The quantitative estimate of drug-likeness (QED) is 0.398. The van der Waals surface area contributed by atoms with Crippen molar-refractivity contribution in [1.29, 1.82) is 0 Å². The number of halogens is 4. The van der Waals surface area contributed by atoms with E-state index in [0.29, 0.717) is 46.5 Å². The number of hydrogen-bond donors (Lipinski definition) is 1. The van der Waals surface area contributed by atoms with E-state index in [2.05, 4.69) is 4.98 Å². The molecule has 1 heterocycles. The van der Waals surface area contributed by atoms with Crippen LogP contribution in [-0.4, -0.2) is 16.1 Å². The minimum absolute atomic E-state index is 0.121. The summed E-state index contributed by atoms with van der Waals surface area (Å²) in [5, 5.41) is 9.92. The number of ether oxygens (including phenoxy) is 1. The SMILES string of the molecule is Cc1ncc(C2=C(c3cc(Cl)ccc3OCc3cc(F)c(F)cc3F)CCC2)cc1C(=O)O. The van der Waals surface area contributed by atoms with E-state index in [-0.39, 0.29) is 17.7 Å². The van der Waals surface area contributed by atoms with Crippen LogP contribution < -0.4 is 4.74 Å². The van der Waals surface area contributed by atoms with Crippen LogP contribution in [0, 0.1) is 24.4 Å². The van der Waals surface area contributed by atoms with E-state index < -0.39 is 23.4 Å². The molecule has 0 saturated carbocycles. The van der Waals surface area contributed by atoms with Crippen LogP contribution in [0.5, 0.6) is 5.75 Å². The number of carboxylic acids is 1. The maximum Gasteiger partial charge on any atom is 0.337 e. The first-order valence-corrected chi connectivity index (χ1v) is 10.6. The normalized spacial score (nSPS) is 13.5. The summed E-state index contributed by atoms with van der Waals surface area (Å²) in [7, 11) is 0. The molecule has 1 aliphatic rings. The third-order valence-electron chi connectivity index (χ3n) is 5.62. The molecular weight excluding hydrogens is 455 g/mol. The average molecular weight is 474 g/mol. The van der Waals surface area contributed by atoms with Crippen molar-refractivity contribution >= 4 is 28.7 Å². The van der Waals surface area contributed by atoms with E-state index in [1.54, 1.807) is 37.4 Å². The van der Waals surface area contributed by atoms with Gasteiger partial charge in [0.2, 0.25) is 0 Å². The number of nitrogens with zero attached hydrogens (tertiary/aromatic N) is 1. The summed E-state index contributed by atoms with van der Waals surface area (Å²) in [6, 6.07) is 7.83. The number of carbonyl (C=O) groups is 1. The molecule has 8 heteroatoms. The molecule has 0 bridgehead atoms. The topological polar surface area (TPSA) is 59.4 Å². The molecule has 170 valence electrons. The van der Waals surface area contributed by atoms with Crippen LogP contribution in [0.3, 0.4) is 0 Å². The number of aromatic carboxylic acids is 1. The van der Waals surface area contributed by atoms with Crippen LogP contribution in [0.4, 0.5) is 13.2 Å². The van der Waals surface area contributed by atoms with Gasteiger partial charge < -0.3 is 9.84 Å². The fourth-order valence-corrected chi connectivity index (χ4v) is 4.14. The van der Waals surface area contributed by atoms with Crippen molar-refractivity contribution in [3.63, 3.8) is 0 Å². The van der Waals surface area contributed by atoms with Gasteiger partial charge >= 0.3 is 5.97 Å². The molecule has 0 spiro atoms. The van der Waals surface area contributed by atoms with E-state index in [1.807, 2.05) is 0 Å². The Balaban J connectivity index is 1.73. The Labute approximate surface area is 193 Å². The van der Waals surface area contributed by atoms with E-state index in [1.165, 1.54) is 0 Å². The summed E-state index contributed by atoms with van der Waals surface area (Å²) in [5.41, 5.74) is 3.65. The molecule has 0 atom stereocenters. The predicted molar refractivity (Wildman–Crippen MR) is 119 cm³/mol. The summed E-state index contributed by atoms with van der Waals surface area (Å²) in [6.07, 6.45) is 3.89. The molecule has 0 aliphatic heterocycles. The Morgan fingerprint density at radius 1 is 1.06 bits per heavy atom. The smallest absolute Gasteiger partial charge is 0.337 e. The zero-order chi connectivity index (χ0) is 23.7. The molecule has 1 aliphatic carbocycles. The summed E-state index contributed by atoms with van der Waals surface area (Å²) in [6.45, 7) is 1.33. The van der Waals surface area contributed by atoms with Crippen molar-refractivity contribution in [1.82, 2.24) is 4.98 Å². The Morgan fingerprint density at radius 3 is 2.55 bits per heavy atom. The fourth-order valence-electron chi connectivity index (χ4n) is 3.97. The second-order valence-corrected chi connectivity index (χ2v) is 8.20. The van der Waals surface area contributed by atoms with Crippen molar-refractivity contribution in [2.24, 2.45) is 0 Å². The monoisotopic (exact) mass is 473 g/mol. The second kappa shape index (κ2) is 9.27. The van der Waals surface area contributed by atoms with Crippen molar-refractivity contribution < 1.29 is 27.8 Å². The van der Waals surface area contributed by atoms with Gasteiger partial charge in [0.15, 0.2) is 11.6 Å². The van der Waals surface area contributed by atoms with Crippen LogP contribution in [0.1, 0.15) is 52.0 Å². The highest BCUT2D eigenvalue weighted by Gasteiger charge is 2.23. The number of allylic oxidation sites excluding steroid dienone is 2. The molecule has 4 rings (SSSR count). The summed E-state index contributed by atoms with van der Waals surface area (Å²) in [4.78, 5) is 15.8. The maximum atomic E-state index is 14.0. The Kier molecular flexibility index (Phi) is 6.42. The second-order valence-electron chi connectivity index (χ2n) is 7.76. The van der Waals surface area contributed by atoms with Gasteiger partial charge in [-0.25, -0.2) is 18.0 Å². The lowest BCUT2D eigenvalue weighted by atomic mass is 9.96. The lowest BCUT2D eigenvalue weighted by molar-refractivity contribution is 0.0695. The highest BCUT2D eigenvalue weighted by molar-refractivity contribution is 6.30. The van der Waals surface area contributed by atoms with E-state index in [0.717, 1.165) is 23.6 Å².